The van der Waals surface area contributed by atoms with Crippen molar-refractivity contribution in [3.05, 3.63) is 17.5 Å². The number of nitrogens with zero attached hydrogens (tertiary/aromatic N) is 4. The van der Waals surface area contributed by atoms with Crippen molar-refractivity contribution in [3.63, 3.8) is 0 Å². The first-order valence-corrected chi connectivity index (χ1v) is 8.21. The number of rotatable bonds is 2. The average Bonchev–Trinajstić information content (AvgIpc) is 2.97. The summed E-state index contributed by atoms with van der Waals surface area (Å²) in [5.74, 6) is 0.185. The summed E-state index contributed by atoms with van der Waals surface area (Å²) in [6.07, 6.45) is 3.32. The van der Waals surface area contributed by atoms with E-state index < -0.39 is 0 Å². The predicted molar refractivity (Wildman–Crippen MR) is 82.5 cm³/mol. The van der Waals surface area contributed by atoms with Crippen molar-refractivity contribution in [1.82, 2.24) is 19.6 Å². The topological polar surface area (TPSA) is 58.4 Å². The minimum Gasteiger partial charge on any atom is -0.339 e. The fourth-order valence-electron chi connectivity index (χ4n) is 3.18. The lowest BCUT2D eigenvalue weighted by atomic mass is 10.1. The molecule has 0 spiro atoms. The minimum atomic E-state index is -0.00135. The maximum Gasteiger partial charge on any atom is 0.274 e. The number of aromatic nitrogens is 2. The third kappa shape index (κ3) is 2.87. The molecule has 2 aliphatic rings. The highest BCUT2D eigenvalue weighted by Crippen LogP contribution is 2.17. The van der Waals surface area contributed by atoms with Crippen LogP contribution >= 0.6 is 0 Å². The van der Waals surface area contributed by atoms with Crippen LogP contribution in [0.3, 0.4) is 0 Å². The van der Waals surface area contributed by atoms with E-state index in [1.165, 1.54) is 12.1 Å². The molecular weight excluding hydrogens is 280 g/mol. The summed E-state index contributed by atoms with van der Waals surface area (Å²) in [6.45, 7) is 7.18. The standard InChI is InChI=1S/C16H24N4O2/c1-12(2)15(21)18-7-9-19(10-8-18)16(22)14-11-13-5-3-4-6-20(13)17-14/h11-12H,3-10H2,1-2H3. The van der Waals surface area contributed by atoms with Gasteiger partial charge in [0, 0.05) is 44.3 Å². The molecule has 1 aromatic heterocycles. The van der Waals surface area contributed by atoms with Gasteiger partial charge in [0.25, 0.3) is 5.91 Å². The zero-order chi connectivity index (χ0) is 15.7. The van der Waals surface area contributed by atoms with E-state index in [9.17, 15) is 9.59 Å². The van der Waals surface area contributed by atoms with E-state index in [1.807, 2.05) is 34.4 Å². The van der Waals surface area contributed by atoms with Gasteiger partial charge in [-0.2, -0.15) is 5.10 Å². The first-order chi connectivity index (χ1) is 10.6. The molecule has 22 heavy (non-hydrogen) atoms. The molecule has 1 fully saturated rings. The van der Waals surface area contributed by atoms with Gasteiger partial charge in [-0.1, -0.05) is 13.8 Å². The van der Waals surface area contributed by atoms with Gasteiger partial charge in [-0.25, -0.2) is 0 Å². The Labute approximate surface area is 131 Å². The number of amides is 2. The van der Waals surface area contributed by atoms with E-state index in [0.29, 0.717) is 31.9 Å². The Balaban J connectivity index is 1.62. The number of hydrogen-bond donors (Lipinski definition) is 0. The Kier molecular flexibility index (Phi) is 4.18. The smallest absolute Gasteiger partial charge is 0.274 e. The van der Waals surface area contributed by atoms with Gasteiger partial charge in [0.1, 0.15) is 0 Å². The summed E-state index contributed by atoms with van der Waals surface area (Å²) >= 11 is 0. The number of aryl methyl sites for hydroxylation is 2. The van der Waals surface area contributed by atoms with Crippen LogP contribution in [0, 0.1) is 5.92 Å². The largest absolute Gasteiger partial charge is 0.339 e. The number of carbonyl (C=O) groups excluding carboxylic acids is 2. The fourth-order valence-corrected chi connectivity index (χ4v) is 3.18. The molecule has 3 heterocycles. The second-order valence-electron chi connectivity index (χ2n) is 6.47. The summed E-state index contributed by atoms with van der Waals surface area (Å²) in [5, 5.41) is 4.45. The highest BCUT2D eigenvalue weighted by Gasteiger charge is 2.27. The lowest BCUT2D eigenvalue weighted by Gasteiger charge is -2.35. The molecule has 0 aromatic carbocycles. The van der Waals surface area contributed by atoms with Crippen molar-refractivity contribution in [2.45, 2.75) is 39.7 Å². The van der Waals surface area contributed by atoms with E-state index in [4.69, 9.17) is 0 Å². The van der Waals surface area contributed by atoms with Crippen LogP contribution in [-0.2, 0) is 17.8 Å². The van der Waals surface area contributed by atoms with E-state index >= 15 is 0 Å². The zero-order valence-corrected chi connectivity index (χ0v) is 13.4. The van der Waals surface area contributed by atoms with Crippen LogP contribution < -0.4 is 0 Å². The summed E-state index contributed by atoms with van der Waals surface area (Å²) in [5.41, 5.74) is 1.73. The van der Waals surface area contributed by atoms with Gasteiger partial charge >= 0.3 is 0 Å². The van der Waals surface area contributed by atoms with E-state index in [0.717, 1.165) is 19.4 Å². The van der Waals surface area contributed by atoms with Gasteiger partial charge in [-0.05, 0) is 25.3 Å². The highest BCUT2D eigenvalue weighted by atomic mass is 16.2. The lowest BCUT2D eigenvalue weighted by molar-refractivity contribution is -0.135. The minimum absolute atomic E-state index is 0.00135. The monoisotopic (exact) mass is 304 g/mol. The van der Waals surface area contributed by atoms with Gasteiger partial charge in [-0.3, -0.25) is 14.3 Å². The summed E-state index contributed by atoms with van der Waals surface area (Å²) in [7, 11) is 0. The molecule has 1 aromatic rings. The molecule has 0 unspecified atom stereocenters. The van der Waals surface area contributed by atoms with Crippen LogP contribution in [0.5, 0.6) is 0 Å². The molecule has 0 radical (unpaired) electrons. The Morgan fingerprint density at radius 3 is 2.36 bits per heavy atom. The third-order valence-electron chi connectivity index (χ3n) is 4.51. The molecule has 0 atom stereocenters. The quantitative estimate of drug-likeness (QED) is 0.824. The van der Waals surface area contributed by atoms with Crippen LogP contribution in [0.25, 0.3) is 0 Å². The summed E-state index contributed by atoms with van der Waals surface area (Å²) in [6, 6.07) is 1.94. The Hall–Kier alpha value is -1.85. The maximum atomic E-state index is 12.6. The zero-order valence-electron chi connectivity index (χ0n) is 13.4. The number of fused-ring (bicyclic) bond motifs is 1. The highest BCUT2D eigenvalue weighted by molar-refractivity contribution is 5.92. The van der Waals surface area contributed by atoms with Crippen molar-refractivity contribution in [2.24, 2.45) is 5.92 Å². The molecule has 6 heteroatoms. The number of hydrogen-bond acceptors (Lipinski definition) is 3. The fraction of sp³-hybridized carbons (Fsp3) is 0.688. The van der Waals surface area contributed by atoms with Gasteiger partial charge < -0.3 is 9.80 Å². The molecule has 0 aliphatic carbocycles. The molecule has 120 valence electrons. The van der Waals surface area contributed by atoms with Gasteiger partial charge in [-0.15, -0.1) is 0 Å². The van der Waals surface area contributed by atoms with Crippen LogP contribution in [0.4, 0.5) is 0 Å². The first-order valence-electron chi connectivity index (χ1n) is 8.21. The maximum absolute atomic E-state index is 12.6. The van der Waals surface area contributed by atoms with Crippen molar-refractivity contribution in [2.75, 3.05) is 26.2 Å². The van der Waals surface area contributed by atoms with Crippen LogP contribution in [0.15, 0.2) is 6.07 Å². The Morgan fingerprint density at radius 1 is 1.05 bits per heavy atom. The molecule has 3 rings (SSSR count). The second-order valence-corrected chi connectivity index (χ2v) is 6.47. The predicted octanol–water partition coefficient (Wildman–Crippen LogP) is 1.16. The van der Waals surface area contributed by atoms with Crippen molar-refractivity contribution in [3.8, 4) is 0 Å². The number of carbonyl (C=O) groups is 2. The lowest BCUT2D eigenvalue weighted by Crippen LogP contribution is -2.51. The molecule has 6 nitrogen and oxygen atoms in total. The molecular formula is C16H24N4O2. The summed E-state index contributed by atoms with van der Waals surface area (Å²) in [4.78, 5) is 28.2. The Morgan fingerprint density at radius 2 is 1.73 bits per heavy atom. The molecule has 2 amide bonds. The van der Waals surface area contributed by atoms with Crippen molar-refractivity contribution >= 4 is 11.8 Å². The van der Waals surface area contributed by atoms with Gasteiger partial charge in [0.2, 0.25) is 5.91 Å². The third-order valence-corrected chi connectivity index (χ3v) is 4.51. The van der Waals surface area contributed by atoms with E-state index in [2.05, 4.69) is 5.10 Å². The molecule has 2 aliphatic heterocycles. The average molecular weight is 304 g/mol. The first kappa shape index (κ1) is 15.1. The van der Waals surface area contributed by atoms with Gasteiger partial charge in [0.15, 0.2) is 5.69 Å². The van der Waals surface area contributed by atoms with E-state index in [1.54, 1.807) is 0 Å². The molecule has 0 bridgehead atoms. The summed E-state index contributed by atoms with van der Waals surface area (Å²) < 4.78 is 1.97. The molecule has 0 N–H and O–H groups in total. The van der Waals surface area contributed by atoms with Gasteiger partial charge in [0.05, 0.1) is 0 Å². The Bertz CT molecular complexity index is 547. The molecule has 1 saturated heterocycles. The van der Waals surface area contributed by atoms with Crippen molar-refractivity contribution < 1.29 is 9.59 Å². The second kappa shape index (κ2) is 6.10. The normalized spacial score (nSPS) is 18.5. The molecule has 0 saturated carbocycles. The SMILES string of the molecule is CC(C)C(=O)N1CCN(C(=O)c2cc3n(n2)CCCC3)CC1. The van der Waals surface area contributed by atoms with Crippen LogP contribution in [-0.4, -0.2) is 57.6 Å². The van der Waals surface area contributed by atoms with E-state index in [-0.39, 0.29) is 17.7 Å². The van der Waals surface area contributed by atoms with Crippen molar-refractivity contribution in [1.29, 1.82) is 0 Å². The number of piperazine rings is 1. The van der Waals surface area contributed by atoms with Crippen LogP contribution in [0.2, 0.25) is 0 Å². The van der Waals surface area contributed by atoms with Crippen LogP contribution in [0.1, 0.15) is 42.9 Å².